The monoisotopic (exact) mass is 447 g/mol. The molecule has 0 aromatic heterocycles. The highest BCUT2D eigenvalue weighted by Gasteiger charge is 2.40. The maximum absolute atomic E-state index is 13.2. The summed E-state index contributed by atoms with van der Waals surface area (Å²) in [6, 6.07) is 6.89. The second-order valence-electron chi connectivity index (χ2n) is 8.85. The summed E-state index contributed by atoms with van der Waals surface area (Å²) >= 11 is 0. The van der Waals surface area contributed by atoms with Crippen LogP contribution in [0.3, 0.4) is 0 Å². The van der Waals surface area contributed by atoms with Crippen molar-refractivity contribution in [1.82, 2.24) is 10.2 Å². The number of aliphatic hydroxyl groups is 1. The fourth-order valence-corrected chi connectivity index (χ4v) is 4.52. The Balaban J connectivity index is 1.40. The summed E-state index contributed by atoms with van der Waals surface area (Å²) in [7, 11) is 1.57. The van der Waals surface area contributed by atoms with E-state index in [4.69, 9.17) is 14.2 Å². The molecule has 9 nitrogen and oxygen atoms in total. The topological polar surface area (TPSA) is 109 Å². The zero-order chi connectivity index (χ0) is 22.5. The zero-order valence-electron chi connectivity index (χ0n) is 18.5. The first-order valence-corrected chi connectivity index (χ1v) is 11.4. The van der Waals surface area contributed by atoms with Crippen LogP contribution in [0.4, 0.5) is 10.5 Å². The normalized spacial score (nSPS) is 28.5. The van der Waals surface area contributed by atoms with Gasteiger partial charge in [0, 0.05) is 17.8 Å². The molecule has 0 spiro atoms. The number of carbonyl (C=O) groups excluding carboxylic acids is 2. The third kappa shape index (κ3) is 5.70. The van der Waals surface area contributed by atoms with Crippen molar-refractivity contribution in [3.8, 4) is 5.75 Å². The standard InChI is InChI=1S/C23H33N3O6/c1-30-18-7-3-6-16(10-18)25-23(29)26-12-17(27)13-31-14-21-20(26)9-8-19(32-21)11-22(28)24-15-4-2-5-15/h3,6-7,10,15,17,19-21,27H,2,4-5,8-9,11-14H2,1H3,(H,24,28)(H,25,29)/t17-,19-,20+,21-/m0/s1. The number of carbonyl (C=O) groups is 2. The number of anilines is 1. The van der Waals surface area contributed by atoms with Crippen LogP contribution in [0.25, 0.3) is 0 Å². The largest absolute Gasteiger partial charge is 0.497 e. The molecule has 1 saturated carbocycles. The molecule has 9 heteroatoms. The Morgan fingerprint density at radius 2 is 2.06 bits per heavy atom. The summed E-state index contributed by atoms with van der Waals surface area (Å²) in [5.74, 6) is 0.666. The molecular weight excluding hydrogens is 414 g/mol. The number of fused-ring (bicyclic) bond motifs is 1. The van der Waals surface area contributed by atoms with Crippen LogP contribution in [0.5, 0.6) is 5.75 Å². The van der Waals surface area contributed by atoms with Crippen LogP contribution >= 0.6 is 0 Å². The van der Waals surface area contributed by atoms with Crippen LogP contribution in [0.15, 0.2) is 24.3 Å². The Morgan fingerprint density at radius 3 is 2.81 bits per heavy atom. The molecule has 4 rings (SSSR count). The second kappa shape index (κ2) is 10.5. The average molecular weight is 448 g/mol. The number of amides is 3. The maximum Gasteiger partial charge on any atom is 0.322 e. The highest BCUT2D eigenvalue weighted by atomic mass is 16.5. The SMILES string of the molecule is COc1cccc(NC(=O)N2C[C@H](O)COC[C@@H]3O[C@H](CC(=O)NC4CCC4)CC[C@H]32)c1. The van der Waals surface area contributed by atoms with Gasteiger partial charge >= 0.3 is 6.03 Å². The van der Waals surface area contributed by atoms with Crippen molar-refractivity contribution in [1.29, 1.82) is 0 Å². The number of aliphatic hydroxyl groups excluding tert-OH is 1. The highest BCUT2D eigenvalue weighted by molar-refractivity contribution is 5.89. The molecule has 2 heterocycles. The number of hydrogen-bond donors (Lipinski definition) is 3. The zero-order valence-corrected chi connectivity index (χ0v) is 18.5. The first kappa shape index (κ1) is 22.8. The predicted molar refractivity (Wildman–Crippen MR) is 118 cm³/mol. The minimum atomic E-state index is -0.780. The molecule has 3 N–H and O–H groups in total. The van der Waals surface area contributed by atoms with Crippen LogP contribution in [-0.2, 0) is 14.3 Å². The van der Waals surface area contributed by atoms with Gasteiger partial charge in [-0.3, -0.25) is 4.79 Å². The Morgan fingerprint density at radius 1 is 1.22 bits per heavy atom. The molecule has 176 valence electrons. The number of benzene rings is 1. The molecule has 1 aromatic carbocycles. The molecule has 2 aliphatic heterocycles. The summed E-state index contributed by atoms with van der Waals surface area (Å²) in [6.45, 7) is 0.543. The molecule has 0 unspecified atom stereocenters. The van der Waals surface area contributed by atoms with Crippen LogP contribution in [0.2, 0.25) is 0 Å². The van der Waals surface area contributed by atoms with Crippen molar-refractivity contribution < 1.29 is 28.9 Å². The Labute approximate surface area is 188 Å². The Kier molecular flexibility index (Phi) is 7.49. The van der Waals surface area contributed by atoms with E-state index >= 15 is 0 Å². The second-order valence-corrected chi connectivity index (χ2v) is 8.85. The Hall–Kier alpha value is -2.36. The number of nitrogens with zero attached hydrogens (tertiary/aromatic N) is 1. The maximum atomic E-state index is 13.2. The van der Waals surface area contributed by atoms with Gasteiger partial charge in [0.05, 0.1) is 51.5 Å². The van der Waals surface area contributed by atoms with Gasteiger partial charge in [-0.25, -0.2) is 4.79 Å². The number of methoxy groups -OCH3 is 1. The van der Waals surface area contributed by atoms with Crippen molar-refractivity contribution in [2.24, 2.45) is 0 Å². The Bertz CT molecular complexity index is 802. The molecule has 0 bridgehead atoms. The van der Waals surface area contributed by atoms with Crippen molar-refractivity contribution in [3.05, 3.63) is 24.3 Å². The van der Waals surface area contributed by atoms with Crippen LogP contribution in [-0.4, -0.2) is 79.2 Å². The van der Waals surface area contributed by atoms with Crippen molar-refractivity contribution in [2.45, 2.75) is 68.9 Å². The minimum absolute atomic E-state index is 0.0213. The van der Waals surface area contributed by atoms with E-state index in [1.54, 1.807) is 36.3 Å². The molecule has 3 amide bonds. The van der Waals surface area contributed by atoms with Crippen molar-refractivity contribution >= 4 is 17.6 Å². The van der Waals surface area contributed by atoms with E-state index in [0.29, 0.717) is 36.7 Å². The number of rotatable bonds is 5. The molecule has 2 saturated heterocycles. The molecule has 32 heavy (non-hydrogen) atoms. The van der Waals surface area contributed by atoms with Gasteiger partial charge in [0.2, 0.25) is 5.91 Å². The summed E-state index contributed by atoms with van der Waals surface area (Å²) in [6.07, 6.45) is 3.60. The lowest BCUT2D eigenvalue weighted by Gasteiger charge is -2.44. The molecule has 3 fully saturated rings. The molecule has 1 aliphatic carbocycles. The lowest BCUT2D eigenvalue weighted by Crippen LogP contribution is -2.58. The van der Waals surface area contributed by atoms with E-state index in [0.717, 1.165) is 12.8 Å². The summed E-state index contributed by atoms with van der Waals surface area (Å²) in [5.41, 5.74) is 0.612. The van der Waals surface area contributed by atoms with E-state index in [2.05, 4.69) is 10.6 Å². The van der Waals surface area contributed by atoms with E-state index in [-0.39, 0.29) is 49.9 Å². The highest BCUT2D eigenvalue weighted by Crippen LogP contribution is 2.29. The summed E-state index contributed by atoms with van der Waals surface area (Å²) < 4.78 is 17.1. The molecule has 3 aliphatic rings. The first-order valence-electron chi connectivity index (χ1n) is 11.4. The minimum Gasteiger partial charge on any atom is -0.497 e. The smallest absolute Gasteiger partial charge is 0.322 e. The third-order valence-corrected chi connectivity index (χ3v) is 6.45. The predicted octanol–water partition coefficient (Wildman–Crippen LogP) is 1.90. The van der Waals surface area contributed by atoms with Crippen LogP contribution in [0, 0.1) is 0 Å². The lowest BCUT2D eigenvalue weighted by atomic mass is 9.92. The lowest BCUT2D eigenvalue weighted by molar-refractivity contribution is -0.150. The van der Waals surface area contributed by atoms with Gasteiger partial charge in [-0.1, -0.05) is 6.07 Å². The summed E-state index contributed by atoms with van der Waals surface area (Å²) in [5, 5.41) is 16.3. The average Bonchev–Trinajstić information content (AvgIpc) is 2.74. The van der Waals surface area contributed by atoms with Gasteiger partial charge in [-0.05, 0) is 44.2 Å². The fraction of sp³-hybridized carbons (Fsp3) is 0.652. The number of nitrogens with one attached hydrogen (secondary N) is 2. The fourth-order valence-electron chi connectivity index (χ4n) is 4.52. The molecular formula is C23H33N3O6. The number of β-amino-alcohol motifs (C(OH)–C–C–N with tert-alkyl or cyclic N) is 1. The first-order chi connectivity index (χ1) is 15.5. The van der Waals surface area contributed by atoms with Gasteiger partial charge in [-0.15, -0.1) is 0 Å². The van der Waals surface area contributed by atoms with E-state index < -0.39 is 6.10 Å². The van der Waals surface area contributed by atoms with E-state index in [9.17, 15) is 14.7 Å². The van der Waals surface area contributed by atoms with Gasteiger partial charge in [0.15, 0.2) is 0 Å². The van der Waals surface area contributed by atoms with E-state index in [1.165, 1.54) is 6.42 Å². The van der Waals surface area contributed by atoms with Gasteiger partial charge < -0.3 is 34.9 Å². The van der Waals surface area contributed by atoms with Crippen LogP contribution in [0.1, 0.15) is 38.5 Å². The number of urea groups is 1. The van der Waals surface area contributed by atoms with Crippen LogP contribution < -0.4 is 15.4 Å². The molecule has 0 radical (unpaired) electrons. The number of hydrogen-bond acceptors (Lipinski definition) is 6. The van der Waals surface area contributed by atoms with Crippen molar-refractivity contribution in [3.63, 3.8) is 0 Å². The number of ether oxygens (including phenoxy) is 3. The third-order valence-electron chi connectivity index (χ3n) is 6.45. The van der Waals surface area contributed by atoms with Gasteiger partial charge in [0.25, 0.3) is 0 Å². The summed E-state index contributed by atoms with van der Waals surface area (Å²) in [4.78, 5) is 27.1. The molecule has 4 atom stereocenters. The molecule has 1 aromatic rings. The van der Waals surface area contributed by atoms with Gasteiger partial charge in [0.1, 0.15) is 11.9 Å². The quantitative estimate of drug-likeness (QED) is 0.636. The van der Waals surface area contributed by atoms with Crippen molar-refractivity contribution in [2.75, 3.05) is 32.2 Å². The van der Waals surface area contributed by atoms with E-state index in [1.807, 2.05) is 0 Å². The van der Waals surface area contributed by atoms with Gasteiger partial charge in [-0.2, -0.15) is 0 Å².